The monoisotopic (exact) mass is 446 g/mol. The number of carboxylic acid groups (broad SMARTS) is 1. The SMILES string of the molecule is COc1c(C(=O)O)ccc2c1c(C=Cc1ccc(F)cc1)nn2C(C(N)=O)c1cccnc1. The van der Waals surface area contributed by atoms with Crippen LogP contribution in [0.5, 0.6) is 5.75 Å². The number of carboxylic acids is 1. The maximum atomic E-state index is 13.2. The van der Waals surface area contributed by atoms with Gasteiger partial charge in [0.25, 0.3) is 0 Å². The molecule has 8 nitrogen and oxygen atoms in total. The van der Waals surface area contributed by atoms with Gasteiger partial charge in [-0.2, -0.15) is 5.10 Å². The first-order valence-corrected chi connectivity index (χ1v) is 9.86. The molecule has 3 N–H and O–H groups in total. The molecule has 33 heavy (non-hydrogen) atoms. The topological polar surface area (TPSA) is 120 Å². The molecule has 4 aromatic rings. The zero-order valence-corrected chi connectivity index (χ0v) is 17.5. The smallest absolute Gasteiger partial charge is 0.339 e. The van der Waals surface area contributed by atoms with Crippen molar-refractivity contribution in [2.24, 2.45) is 5.73 Å². The summed E-state index contributed by atoms with van der Waals surface area (Å²) in [6.45, 7) is 0. The van der Waals surface area contributed by atoms with Crippen LogP contribution in [0.2, 0.25) is 0 Å². The van der Waals surface area contributed by atoms with Crippen LogP contribution in [0.25, 0.3) is 23.1 Å². The highest BCUT2D eigenvalue weighted by molar-refractivity contribution is 6.03. The van der Waals surface area contributed by atoms with Gasteiger partial charge in [-0.25, -0.2) is 13.9 Å². The van der Waals surface area contributed by atoms with Gasteiger partial charge in [0.15, 0.2) is 6.04 Å². The number of benzene rings is 2. The molecule has 0 saturated carbocycles. The second-order valence-electron chi connectivity index (χ2n) is 7.15. The standard InChI is InChI=1S/C24H19FN4O4/c1-33-22-17(24(31)32)9-11-19-20(22)18(10-6-14-4-7-16(25)8-5-14)28-29(19)21(23(26)30)15-3-2-12-27-13-15/h2-13,21H,1H3,(H2,26,30)(H,31,32). The van der Waals surface area contributed by atoms with Crippen molar-refractivity contribution in [3.8, 4) is 5.75 Å². The zero-order chi connectivity index (χ0) is 23.5. The van der Waals surface area contributed by atoms with Crippen molar-refractivity contribution in [3.63, 3.8) is 0 Å². The molecular weight excluding hydrogens is 427 g/mol. The third kappa shape index (κ3) is 4.16. The Hall–Kier alpha value is -4.53. The number of primary amides is 1. The van der Waals surface area contributed by atoms with Crippen LogP contribution in [0.1, 0.15) is 33.2 Å². The van der Waals surface area contributed by atoms with Gasteiger partial charge < -0.3 is 15.6 Å². The van der Waals surface area contributed by atoms with E-state index in [1.807, 2.05) is 0 Å². The summed E-state index contributed by atoms with van der Waals surface area (Å²) in [5.74, 6) is -2.11. The van der Waals surface area contributed by atoms with Gasteiger partial charge >= 0.3 is 5.97 Å². The van der Waals surface area contributed by atoms with Crippen molar-refractivity contribution in [1.82, 2.24) is 14.8 Å². The predicted octanol–water partition coefficient (Wildman–Crippen LogP) is 3.52. The summed E-state index contributed by atoms with van der Waals surface area (Å²) in [4.78, 5) is 28.3. The molecule has 1 amide bonds. The van der Waals surface area contributed by atoms with Crippen molar-refractivity contribution in [3.05, 3.63) is 89.1 Å². The number of ether oxygens (including phenoxy) is 1. The van der Waals surface area contributed by atoms with E-state index in [2.05, 4.69) is 10.1 Å². The number of nitrogens with zero attached hydrogens (tertiary/aromatic N) is 3. The number of hydrogen-bond donors (Lipinski definition) is 2. The number of pyridine rings is 1. The quantitative estimate of drug-likeness (QED) is 0.448. The summed E-state index contributed by atoms with van der Waals surface area (Å²) in [5.41, 5.74) is 7.68. The van der Waals surface area contributed by atoms with E-state index in [1.165, 1.54) is 36.2 Å². The largest absolute Gasteiger partial charge is 0.495 e. The first kappa shape index (κ1) is 21.7. The number of fused-ring (bicyclic) bond motifs is 1. The van der Waals surface area contributed by atoms with Crippen LogP contribution in [-0.4, -0.2) is 38.9 Å². The van der Waals surface area contributed by atoms with Crippen LogP contribution < -0.4 is 10.5 Å². The molecule has 2 aromatic heterocycles. The van der Waals surface area contributed by atoms with E-state index in [4.69, 9.17) is 10.5 Å². The van der Waals surface area contributed by atoms with Crippen LogP contribution >= 0.6 is 0 Å². The maximum absolute atomic E-state index is 13.2. The second-order valence-corrected chi connectivity index (χ2v) is 7.15. The van der Waals surface area contributed by atoms with Gasteiger partial charge in [0.1, 0.15) is 17.1 Å². The predicted molar refractivity (Wildman–Crippen MR) is 120 cm³/mol. The van der Waals surface area contributed by atoms with Gasteiger partial charge in [-0.1, -0.05) is 24.3 Å². The fraction of sp³-hybridized carbons (Fsp3) is 0.0833. The van der Waals surface area contributed by atoms with E-state index < -0.39 is 17.9 Å². The lowest BCUT2D eigenvalue weighted by Gasteiger charge is -2.15. The van der Waals surface area contributed by atoms with E-state index in [1.54, 1.807) is 48.7 Å². The molecule has 9 heteroatoms. The number of halogens is 1. The third-order valence-electron chi connectivity index (χ3n) is 5.11. The number of carbonyl (C=O) groups excluding carboxylic acids is 1. The number of amides is 1. The molecule has 4 rings (SSSR count). The van der Waals surface area contributed by atoms with E-state index >= 15 is 0 Å². The maximum Gasteiger partial charge on any atom is 0.339 e. The molecule has 2 aromatic carbocycles. The Labute approximate surface area is 187 Å². The number of aromatic nitrogens is 3. The molecule has 0 bridgehead atoms. The average Bonchev–Trinajstić information content (AvgIpc) is 3.17. The summed E-state index contributed by atoms with van der Waals surface area (Å²) in [6.07, 6.45) is 6.42. The Morgan fingerprint density at radius 1 is 1.15 bits per heavy atom. The lowest BCUT2D eigenvalue weighted by Crippen LogP contribution is -2.28. The third-order valence-corrected chi connectivity index (χ3v) is 5.11. The Morgan fingerprint density at radius 3 is 2.52 bits per heavy atom. The Kier molecular flexibility index (Phi) is 5.86. The Balaban J connectivity index is 1.97. The van der Waals surface area contributed by atoms with Crippen LogP contribution in [0.15, 0.2) is 60.9 Å². The molecule has 0 aliphatic carbocycles. The molecule has 2 heterocycles. The molecular formula is C24H19FN4O4. The van der Waals surface area contributed by atoms with Gasteiger partial charge in [0.2, 0.25) is 5.91 Å². The first-order chi connectivity index (χ1) is 15.9. The number of methoxy groups -OCH3 is 1. The highest BCUT2D eigenvalue weighted by Gasteiger charge is 2.27. The van der Waals surface area contributed by atoms with Crippen molar-refractivity contribution >= 4 is 34.9 Å². The lowest BCUT2D eigenvalue weighted by atomic mass is 10.1. The molecule has 0 spiro atoms. The number of aromatic carboxylic acids is 1. The lowest BCUT2D eigenvalue weighted by molar-refractivity contribution is -0.120. The number of nitrogens with two attached hydrogens (primary N) is 1. The Morgan fingerprint density at radius 2 is 1.91 bits per heavy atom. The number of rotatable bonds is 7. The van der Waals surface area contributed by atoms with Gasteiger partial charge in [0, 0.05) is 18.0 Å². The van der Waals surface area contributed by atoms with Crippen LogP contribution in [0, 0.1) is 5.82 Å². The van der Waals surface area contributed by atoms with Gasteiger partial charge in [-0.05, 0) is 42.0 Å². The molecule has 1 atom stereocenters. The molecule has 0 aliphatic heterocycles. The minimum atomic E-state index is -1.17. The minimum absolute atomic E-state index is 0.0574. The van der Waals surface area contributed by atoms with Gasteiger partial charge in [-0.3, -0.25) is 9.78 Å². The molecule has 0 radical (unpaired) electrons. The van der Waals surface area contributed by atoms with E-state index in [0.29, 0.717) is 27.7 Å². The molecule has 0 saturated heterocycles. The minimum Gasteiger partial charge on any atom is -0.495 e. The van der Waals surface area contributed by atoms with Gasteiger partial charge in [-0.15, -0.1) is 0 Å². The van der Waals surface area contributed by atoms with Crippen molar-refractivity contribution < 1.29 is 23.8 Å². The molecule has 0 aliphatic rings. The number of hydrogen-bond acceptors (Lipinski definition) is 5. The van der Waals surface area contributed by atoms with Crippen LogP contribution in [0.4, 0.5) is 4.39 Å². The average molecular weight is 446 g/mol. The fourth-order valence-electron chi connectivity index (χ4n) is 3.64. The summed E-state index contributed by atoms with van der Waals surface area (Å²) in [6, 6.07) is 11.2. The molecule has 1 unspecified atom stereocenters. The summed E-state index contributed by atoms with van der Waals surface area (Å²) in [7, 11) is 1.36. The van der Waals surface area contributed by atoms with Crippen molar-refractivity contribution in [1.29, 1.82) is 0 Å². The van der Waals surface area contributed by atoms with E-state index in [0.717, 1.165) is 0 Å². The highest BCUT2D eigenvalue weighted by atomic mass is 19.1. The second kappa shape index (κ2) is 8.91. The van der Waals surface area contributed by atoms with Crippen molar-refractivity contribution in [2.75, 3.05) is 7.11 Å². The van der Waals surface area contributed by atoms with Gasteiger partial charge in [0.05, 0.1) is 23.7 Å². The number of carbonyl (C=O) groups is 2. The summed E-state index contributed by atoms with van der Waals surface area (Å²) >= 11 is 0. The summed E-state index contributed by atoms with van der Waals surface area (Å²) < 4.78 is 20.1. The van der Waals surface area contributed by atoms with Crippen LogP contribution in [0.3, 0.4) is 0 Å². The Bertz CT molecular complexity index is 1370. The molecule has 0 fully saturated rings. The van der Waals surface area contributed by atoms with E-state index in [9.17, 15) is 19.1 Å². The van der Waals surface area contributed by atoms with Crippen LogP contribution in [-0.2, 0) is 4.79 Å². The first-order valence-electron chi connectivity index (χ1n) is 9.86. The highest BCUT2D eigenvalue weighted by Crippen LogP contribution is 2.36. The van der Waals surface area contributed by atoms with E-state index in [-0.39, 0.29) is 17.1 Å². The van der Waals surface area contributed by atoms with Crippen molar-refractivity contribution in [2.45, 2.75) is 6.04 Å². The zero-order valence-electron chi connectivity index (χ0n) is 17.5. The normalized spacial score (nSPS) is 12.2. The molecule has 166 valence electrons. The fourth-order valence-corrected chi connectivity index (χ4v) is 3.64. The summed E-state index contributed by atoms with van der Waals surface area (Å²) in [5, 5.41) is 14.6.